The summed E-state index contributed by atoms with van der Waals surface area (Å²) in [4.78, 5) is 7.89. The van der Waals surface area contributed by atoms with E-state index in [-0.39, 0.29) is 0 Å². The van der Waals surface area contributed by atoms with Crippen LogP contribution in [0.2, 0.25) is 0 Å². The number of aromatic nitrogens is 2. The summed E-state index contributed by atoms with van der Waals surface area (Å²) in [6, 6.07) is 6.27. The van der Waals surface area contributed by atoms with Gasteiger partial charge in [0.15, 0.2) is 0 Å². The van der Waals surface area contributed by atoms with Crippen molar-refractivity contribution in [2.24, 2.45) is 0 Å². The maximum Gasteiger partial charge on any atom is 0.103 e. The molecule has 1 aromatic carbocycles. The lowest BCUT2D eigenvalue weighted by molar-refractivity contribution is 0.796. The maximum atomic E-state index is 4.59. The van der Waals surface area contributed by atoms with Crippen LogP contribution >= 0.6 is 15.9 Å². The van der Waals surface area contributed by atoms with Crippen molar-refractivity contribution in [1.29, 1.82) is 0 Å². The first-order chi connectivity index (χ1) is 8.11. The number of H-pyrrole nitrogens is 1. The summed E-state index contributed by atoms with van der Waals surface area (Å²) in [6.07, 6.45) is 0. The third-order valence-corrected chi connectivity index (χ3v) is 3.20. The second-order valence-electron chi connectivity index (χ2n) is 4.14. The third-order valence-electron chi connectivity index (χ3n) is 2.71. The number of benzene rings is 1. The minimum absolute atomic E-state index is 0.794. The first kappa shape index (κ1) is 12.3. The molecule has 2 rings (SSSR count). The fourth-order valence-electron chi connectivity index (χ4n) is 1.92. The molecular weight excluding hydrogens is 278 g/mol. The van der Waals surface area contributed by atoms with Crippen molar-refractivity contribution in [3.63, 3.8) is 0 Å². The molecule has 0 fully saturated rings. The monoisotopic (exact) mass is 293 g/mol. The lowest BCUT2D eigenvalue weighted by atomic mass is 10.0. The van der Waals surface area contributed by atoms with Gasteiger partial charge < -0.3 is 10.3 Å². The van der Waals surface area contributed by atoms with Crippen LogP contribution in [0.3, 0.4) is 0 Å². The molecule has 0 amide bonds. The summed E-state index contributed by atoms with van der Waals surface area (Å²) < 4.78 is 1.08. The van der Waals surface area contributed by atoms with Gasteiger partial charge in [0.2, 0.25) is 0 Å². The van der Waals surface area contributed by atoms with E-state index in [0.29, 0.717) is 0 Å². The number of nitrogens with one attached hydrogen (secondary N) is 2. The molecule has 17 heavy (non-hydrogen) atoms. The Morgan fingerprint density at radius 1 is 1.35 bits per heavy atom. The van der Waals surface area contributed by atoms with Crippen LogP contribution in [0.15, 0.2) is 22.7 Å². The summed E-state index contributed by atoms with van der Waals surface area (Å²) >= 11 is 3.51. The highest BCUT2D eigenvalue weighted by atomic mass is 79.9. The van der Waals surface area contributed by atoms with Gasteiger partial charge in [-0.25, -0.2) is 4.98 Å². The molecule has 0 aliphatic rings. The zero-order chi connectivity index (χ0) is 12.4. The normalized spacial score (nSPS) is 10.8. The molecule has 2 aromatic rings. The Bertz CT molecular complexity index is 531. The van der Waals surface area contributed by atoms with E-state index in [4.69, 9.17) is 0 Å². The highest BCUT2D eigenvalue weighted by molar-refractivity contribution is 9.10. The number of hydrogen-bond acceptors (Lipinski definition) is 2. The number of rotatable bonds is 3. The van der Waals surface area contributed by atoms with Crippen LogP contribution in [-0.4, -0.2) is 17.0 Å². The predicted octanol–water partition coefficient (Wildman–Crippen LogP) is 3.18. The van der Waals surface area contributed by atoms with Gasteiger partial charge in [-0.15, -0.1) is 0 Å². The van der Waals surface area contributed by atoms with Gasteiger partial charge in [0, 0.05) is 16.6 Å². The highest BCUT2D eigenvalue weighted by Gasteiger charge is 2.12. The van der Waals surface area contributed by atoms with Crippen LogP contribution in [0.1, 0.15) is 17.1 Å². The van der Waals surface area contributed by atoms with E-state index >= 15 is 0 Å². The molecule has 0 unspecified atom stereocenters. The average Bonchev–Trinajstić information content (AvgIpc) is 2.64. The minimum Gasteiger partial charge on any atom is -0.345 e. The molecule has 0 atom stereocenters. The summed E-state index contributed by atoms with van der Waals surface area (Å²) in [5.74, 6) is 0.949. The first-order valence-electron chi connectivity index (χ1n) is 5.58. The van der Waals surface area contributed by atoms with Crippen LogP contribution in [0.25, 0.3) is 11.3 Å². The van der Waals surface area contributed by atoms with Gasteiger partial charge in [-0.1, -0.05) is 22.0 Å². The molecule has 0 radical (unpaired) electrons. The molecule has 0 spiro atoms. The quantitative estimate of drug-likeness (QED) is 0.913. The van der Waals surface area contributed by atoms with Crippen LogP contribution < -0.4 is 5.32 Å². The molecule has 2 N–H and O–H groups in total. The number of aromatic amines is 1. The molecule has 90 valence electrons. The Balaban J connectivity index is 2.55. The standard InChI is InChI=1S/C13H16BrN3/c1-8-4-5-10(14)6-11(8)13-12(7-15-3)16-9(2)17-13/h4-6,15H,7H2,1-3H3,(H,16,17). The second-order valence-corrected chi connectivity index (χ2v) is 5.05. The molecule has 3 nitrogen and oxygen atoms in total. The minimum atomic E-state index is 0.794. The van der Waals surface area contributed by atoms with Gasteiger partial charge in [-0.2, -0.15) is 0 Å². The molecule has 4 heteroatoms. The Hall–Kier alpha value is -1.13. The molecule has 0 bridgehead atoms. The van der Waals surface area contributed by atoms with Crippen molar-refractivity contribution >= 4 is 15.9 Å². The molecule has 1 heterocycles. The predicted molar refractivity (Wildman–Crippen MR) is 74.0 cm³/mol. The van der Waals surface area contributed by atoms with Crippen molar-refractivity contribution < 1.29 is 0 Å². The van der Waals surface area contributed by atoms with Crippen molar-refractivity contribution in [1.82, 2.24) is 15.3 Å². The third kappa shape index (κ3) is 2.58. The Kier molecular flexibility index (Phi) is 3.64. The first-order valence-corrected chi connectivity index (χ1v) is 6.37. The zero-order valence-corrected chi connectivity index (χ0v) is 11.9. The summed E-state index contributed by atoms with van der Waals surface area (Å²) in [5.41, 5.74) is 4.58. The molecule has 0 aliphatic heterocycles. The lowest BCUT2D eigenvalue weighted by Crippen LogP contribution is -2.06. The van der Waals surface area contributed by atoms with Crippen molar-refractivity contribution in [2.75, 3.05) is 7.05 Å². The van der Waals surface area contributed by atoms with Crippen LogP contribution in [0, 0.1) is 13.8 Å². The van der Waals surface area contributed by atoms with Crippen LogP contribution in [0.5, 0.6) is 0 Å². The Labute approximate surface area is 110 Å². The van der Waals surface area contributed by atoms with Gasteiger partial charge in [0.25, 0.3) is 0 Å². The summed E-state index contributed by atoms with van der Waals surface area (Å²) in [6.45, 7) is 4.88. The highest BCUT2D eigenvalue weighted by Crippen LogP contribution is 2.28. The van der Waals surface area contributed by atoms with Gasteiger partial charge in [-0.05, 0) is 38.6 Å². The number of halogens is 1. The molecular formula is C13H16BrN3. The van der Waals surface area contributed by atoms with E-state index in [9.17, 15) is 0 Å². The smallest absolute Gasteiger partial charge is 0.103 e. The average molecular weight is 294 g/mol. The number of aryl methyl sites for hydroxylation is 2. The Morgan fingerprint density at radius 3 is 2.82 bits per heavy atom. The Morgan fingerprint density at radius 2 is 2.12 bits per heavy atom. The zero-order valence-electron chi connectivity index (χ0n) is 10.3. The largest absolute Gasteiger partial charge is 0.345 e. The van der Waals surface area contributed by atoms with Crippen LogP contribution in [-0.2, 0) is 6.54 Å². The number of imidazole rings is 1. The van der Waals surface area contributed by atoms with Crippen molar-refractivity contribution in [3.8, 4) is 11.3 Å². The van der Waals surface area contributed by atoms with Gasteiger partial charge in [0.1, 0.15) is 5.82 Å². The summed E-state index contributed by atoms with van der Waals surface area (Å²) in [7, 11) is 1.94. The van der Waals surface area contributed by atoms with E-state index in [2.05, 4.69) is 56.3 Å². The molecule has 0 saturated carbocycles. The maximum absolute atomic E-state index is 4.59. The second kappa shape index (κ2) is 5.02. The van der Waals surface area contributed by atoms with Crippen LogP contribution in [0.4, 0.5) is 0 Å². The lowest BCUT2D eigenvalue weighted by Gasteiger charge is -2.06. The number of hydrogen-bond donors (Lipinski definition) is 2. The SMILES string of the molecule is CNCc1[nH]c(C)nc1-c1cc(Br)ccc1C. The molecule has 0 aliphatic carbocycles. The van der Waals surface area contributed by atoms with E-state index in [0.717, 1.165) is 28.2 Å². The van der Waals surface area contributed by atoms with Gasteiger partial charge >= 0.3 is 0 Å². The van der Waals surface area contributed by atoms with E-state index in [1.807, 2.05) is 14.0 Å². The van der Waals surface area contributed by atoms with E-state index < -0.39 is 0 Å². The van der Waals surface area contributed by atoms with Gasteiger partial charge in [0.05, 0.1) is 11.4 Å². The fraction of sp³-hybridized carbons (Fsp3) is 0.308. The van der Waals surface area contributed by atoms with E-state index in [1.54, 1.807) is 0 Å². The fourth-order valence-corrected chi connectivity index (χ4v) is 2.28. The summed E-state index contributed by atoms with van der Waals surface area (Å²) in [5, 5.41) is 3.16. The van der Waals surface area contributed by atoms with Crippen molar-refractivity contribution in [3.05, 3.63) is 39.8 Å². The van der Waals surface area contributed by atoms with Crippen molar-refractivity contribution in [2.45, 2.75) is 20.4 Å². The molecule has 1 aromatic heterocycles. The number of nitrogens with zero attached hydrogens (tertiary/aromatic N) is 1. The topological polar surface area (TPSA) is 40.7 Å². The van der Waals surface area contributed by atoms with Gasteiger partial charge in [-0.3, -0.25) is 0 Å². The molecule has 0 saturated heterocycles. The van der Waals surface area contributed by atoms with E-state index in [1.165, 1.54) is 11.1 Å².